The first-order valence-corrected chi connectivity index (χ1v) is 9.31. The number of carbonyl (C=O) groups is 2. The summed E-state index contributed by atoms with van der Waals surface area (Å²) in [5.41, 5.74) is -0.274. The maximum atomic E-state index is 13.5. The third-order valence-electron chi connectivity index (χ3n) is 7.06. The second kappa shape index (κ2) is 4.92. The first kappa shape index (κ1) is 17.2. The van der Waals surface area contributed by atoms with E-state index >= 15 is 0 Å². The lowest BCUT2D eigenvalue weighted by molar-refractivity contribution is -0.154. The zero-order valence-corrected chi connectivity index (χ0v) is 16.0. The standard InChI is InChI=1S/C21H28O4/c1-11-7-14-8-12(2)16(22)15-18(24-6)19(4,5)10-21(15)13(3)17(23)20(14,9-11)25-21/h7-8,11,13,15,18H,9-10H2,1-6H3/b12-8-/t11-,13-,15-,18-,20+,21+/m0/s1. The van der Waals surface area contributed by atoms with Gasteiger partial charge in [-0.15, -0.1) is 0 Å². The van der Waals surface area contributed by atoms with E-state index in [0.717, 1.165) is 5.57 Å². The lowest BCUT2D eigenvalue weighted by Gasteiger charge is -2.38. The van der Waals surface area contributed by atoms with Crippen molar-refractivity contribution in [2.24, 2.45) is 23.2 Å². The minimum Gasteiger partial charge on any atom is -0.380 e. The number of allylic oxidation sites excluding steroid dienone is 2. The van der Waals surface area contributed by atoms with Gasteiger partial charge < -0.3 is 9.47 Å². The Kier molecular flexibility index (Phi) is 3.38. The highest BCUT2D eigenvalue weighted by atomic mass is 16.5. The Balaban J connectivity index is 1.98. The lowest BCUT2D eigenvalue weighted by atomic mass is 9.75. The molecule has 2 aliphatic heterocycles. The molecule has 2 aliphatic carbocycles. The van der Waals surface area contributed by atoms with Gasteiger partial charge in [-0.25, -0.2) is 0 Å². The quantitative estimate of drug-likeness (QED) is 0.733. The van der Waals surface area contributed by atoms with Crippen LogP contribution in [-0.4, -0.2) is 36.0 Å². The number of carbonyl (C=O) groups excluding carboxylic acids is 2. The van der Waals surface area contributed by atoms with Crippen molar-refractivity contribution in [3.63, 3.8) is 0 Å². The summed E-state index contributed by atoms with van der Waals surface area (Å²) in [4.78, 5) is 26.8. The fourth-order valence-electron chi connectivity index (χ4n) is 6.13. The van der Waals surface area contributed by atoms with Crippen LogP contribution in [-0.2, 0) is 19.1 Å². The largest absolute Gasteiger partial charge is 0.380 e. The van der Waals surface area contributed by atoms with Crippen molar-refractivity contribution >= 4 is 11.6 Å². The van der Waals surface area contributed by atoms with Gasteiger partial charge in [0, 0.05) is 13.0 Å². The highest BCUT2D eigenvalue weighted by molar-refractivity contribution is 6.04. The van der Waals surface area contributed by atoms with E-state index in [1.54, 1.807) is 7.11 Å². The van der Waals surface area contributed by atoms with Crippen molar-refractivity contribution in [3.05, 3.63) is 23.3 Å². The van der Waals surface area contributed by atoms with E-state index in [2.05, 4.69) is 26.8 Å². The van der Waals surface area contributed by atoms with Crippen molar-refractivity contribution in [2.45, 2.75) is 64.8 Å². The highest BCUT2D eigenvalue weighted by Crippen LogP contribution is 2.63. The Labute approximate surface area is 149 Å². The fourth-order valence-corrected chi connectivity index (χ4v) is 6.13. The summed E-state index contributed by atoms with van der Waals surface area (Å²) in [6.07, 6.45) is 5.09. The first-order chi connectivity index (χ1) is 11.6. The molecule has 0 unspecified atom stereocenters. The van der Waals surface area contributed by atoms with E-state index in [9.17, 15) is 9.59 Å². The van der Waals surface area contributed by atoms with Gasteiger partial charge >= 0.3 is 0 Å². The summed E-state index contributed by atoms with van der Waals surface area (Å²) in [7, 11) is 1.66. The number of hydrogen-bond donors (Lipinski definition) is 0. The third kappa shape index (κ3) is 1.90. The molecule has 25 heavy (non-hydrogen) atoms. The molecule has 2 fully saturated rings. The van der Waals surface area contributed by atoms with Crippen molar-refractivity contribution in [2.75, 3.05) is 7.11 Å². The van der Waals surface area contributed by atoms with Crippen molar-refractivity contribution in [1.29, 1.82) is 0 Å². The van der Waals surface area contributed by atoms with Crippen LogP contribution in [0.5, 0.6) is 0 Å². The molecule has 0 aromatic rings. The summed E-state index contributed by atoms with van der Waals surface area (Å²) in [6, 6.07) is 0. The van der Waals surface area contributed by atoms with Crippen LogP contribution < -0.4 is 0 Å². The maximum Gasteiger partial charge on any atom is 0.174 e. The van der Waals surface area contributed by atoms with Gasteiger partial charge in [0.25, 0.3) is 0 Å². The number of rotatable bonds is 1. The van der Waals surface area contributed by atoms with Gasteiger partial charge in [-0.2, -0.15) is 0 Å². The zero-order chi connectivity index (χ0) is 18.4. The molecule has 0 radical (unpaired) electrons. The number of methoxy groups -OCH3 is 1. The molecule has 4 aliphatic rings. The topological polar surface area (TPSA) is 52.6 Å². The summed E-state index contributed by atoms with van der Waals surface area (Å²) >= 11 is 0. The van der Waals surface area contributed by atoms with Crippen LogP contribution in [0.4, 0.5) is 0 Å². The average Bonchev–Trinajstić information content (AvgIpc) is 3.02. The molecule has 2 bridgehead atoms. The number of hydrogen-bond acceptors (Lipinski definition) is 4. The van der Waals surface area contributed by atoms with E-state index in [4.69, 9.17) is 9.47 Å². The summed E-state index contributed by atoms with van der Waals surface area (Å²) in [6.45, 7) is 10.2. The van der Waals surface area contributed by atoms with Crippen LogP contribution in [0.1, 0.15) is 47.5 Å². The smallest absolute Gasteiger partial charge is 0.174 e. The minimum atomic E-state index is -0.877. The van der Waals surface area contributed by atoms with Gasteiger partial charge in [0.05, 0.1) is 17.6 Å². The van der Waals surface area contributed by atoms with Crippen molar-refractivity contribution in [3.8, 4) is 0 Å². The highest BCUT2D eigenvalue weighted by Gasteiger charge is 2.73. The van der Waals surface area contributed by atoms with Crippen molar-refractivity contribution in [1.82, 2.24) is 0 Å². The maximum absolute atomic E-state index is 13.5. The molecule has 0 aromatic carbocycles. The van der Waals surface area contributed by atoms with Gasteiger partial charge in [-0.05, 0) is 48.3 Å². The molecule has 136 valence electrons. The summed E-state index contributed by atoms with van der Waals surface area (Å²) < 4.78 is 12.6. The van der Waals surface area contributed by atoms with E-state index in [0.29, 0.717) is 18.4 Å². The molecule has 6 atom stereocenters. The second-order valence-corrected chi connectivity index (χ2v) is 9.26. The van der Waals surface area contributed by atoms with Gasteiger partial charge in [-0.1, -0.05) is 33.8 Å². The summed E-state index contributed by atoms with van der Waals surface area (Å²) in [5.74, 6) is -0.273. The van der Waals surface area contributed by atoms with E-state index in [1.165, 1.54) is 0 Å². The Morgan fingerprint density at radius 2 is 1.92 bits per heavy atom. The van der Waals surface area contributed by atoms with Crippen molar-refractivity contribution < 1.29 is 19.1 Å². The van der Waals surface area contributed by atoms with Crippen LogP contribution >= 0.6 is 0 Å². The first-order valence-electron chi connectivity index (χ1n) is 9.31. The van der Waals surface area contributed by atoms with Gasteiger partial charge in [0.15, 0.2) is 17.2 Å². The molecule has 0 amide bonds. The fraction of sp³-hybridized carbons (Fsp3) is 0.714. The molecule has 2 heterocycles. The second-order valence-electron chi connectivity index (χ2n) is 9.26. The molecule has 1 saturated carbocycles. The zero-order valence-electron chi connectivity index (χ0n) is 16.0. The van der Waals surface area contributed by atoms with Gasteiger partial charge in [0.2, 0.25) is 0 Å². The van der Waals surface area contributed by atoms with E-state index < -0.39 is 17.1 Å². The van der Waals surface area contributed by atoms with E-state index in [1.807, 2.05) is 19.9 Å². The monoisotopic (exact) mass is 344 g/mol. The predicted octanol–water partition coefficient (Wildman–Crippen LogP) is 3.26. The molecule has 0 aromatic heterocycles. The molecule has 1 saturated heterocycles. The molecular weight excluding hydrogens is 316 g/mol. The van der Waals surface area contributed by atoms with Crippen LogP contribution in [0.2, 0.25) is 0 Å². The lowest BCUT2D eigenvalue weighted by Crippen LogP contribution is -2.49. The molecule has 4 nitrogen and oxygen atoms in total. The molecule has 4 heteroatoms. The molecular formula is C21H28O4. The molecule has 4 rings (SSSR count). The van der Waals surface area contributed by atoms with Gasteiger partial charge in [0.1, 0.15) is 0 Å². The number of ether oxygens (including phenoxy) is 2. The predicted molar refractivity (Wildman–Crippen MR) is 94.0 cm³/mol. The van der Waals surface area contributed by atoms with Crippen LogP contribution in [0.25, 0.3) is 0 Å². The Bertz CT molecular complexity index is 730. The Morgan fingerprint density at radius 3 is 2.56 bits per heavy atom. The van der Waals surface area contributed by atoms with Crippen LogP contribution in [0.15, 0.2) is 23.3 Å². The minimum absolute atomic E-state index is 0.0630. The van der Waals surface area contributed by atoms with Crippen LogP contribution in [0.3, 0.4) is 0 Å². The third-order valence-corrected chi connectivity index (χ3v) is 7.06. The summed E-state index contributed by atoms with van der Waals surface area (Å²) in [5, 5.41) is 0. The Hall–Kier alpha value is -1.26. The number of Topliss-reactive ketones (excluding diaryl/α,β-unsaturated/α-hetero) is 2. The van der Waals surface area contributed by atoms with E-state index in [-0.39, 0.29) is 34.9 Å². The Morgan fingerprint density at radius 1 is 1.24 bits per heavy atom. The normalized spacial score (nSPS) is 49.8. The molecule has 0 N–H and O–H groups in total. The molecule has 2 spiro atoms. The SMILES string of the molecule is CO[C@H]1[C@@H]2C(=O)/C(C)=C\C3=C[C@H](C)C[C@@]34O[C@]2(CC1(C)C)[C@@H](C)C4=O. The van der Waals surface area contributed by atoms with Gasteiger partial charge in [-0.3, -0.25) is 9.59 Å². The number of ketones is 2. The average molecular weight is 344 g/mol. The van der Waals surface area contributed by atoms with Crippen LogP contribution in [0, 0.1) is 23.2 Å².